The van der Waals surface area contributed by atoms with E-state index >= 15 is 0 Å². The SMILES string of the molecule is COc1cc(OC)cc(C(=O)NN=C(C)CC(=O)Nc2cccc(C)c2C)c1. The summed E-state index contributed by atoms with van der Waals surface area (Å²) < 4.78 is 10.3. The minimum atomic E-state index is -0.425. The standard InChI is InChI=1S/C21H25N3O4/c1-13-7-6-8-19(15(13)3)22-20(25)9-14(2)23-24-21(26)16-10-17(27-4)12-18(11-16)28-5/h6-8,10-12H,9H2,1-5H3,(H,22,25)(H,24,26). The molecule has 0 atom stereocenters. The van der Waals surface area contributed by atoms with Gasteiger partial charge in [-0.3, -0.25) is 9.59 Å². The zero-order chi connectivity index (χ0) is 20.7. The summed E-state index contributed by atoms with van der Waals surface area (Å²) in [6.45, 7) is 5.62. The molecule has 0 fully saturated rings. The average molecular weight is 383 g/mol. The molecule has 2 aromatic rings. The highest BCUT2D eigenvalue weighted by Crippen LogP contribution is 2.22. The Bertz CT molecular complexity index is 884. The Hall–Kier alpha value is -3.35. The van der Waals surface area contributed by atoms with E-state index < -0.39 is 5.91 Å². The number of hydrazone groups is 1. The van der Waals surface area contributed by atoms with E-state index in [1.165, 1.54) is 14.2 Å². The van der Waals surface area contributed by atoms with Gasteiger partial charge in [0.05, 0.1) is 20.6 Å². The lowest BCUT2D eigenvalue weighted by Crippen LogP contribution is -2.21. The van der Waals surface area contributed by atoms with Gasteiger partial charge in [0, 0.05) is 23.0 Å². The van der Waals surface area contributed by atoms with Crippen LogP contribution in [0.1, 0.15) is 34.8 Å². The molecule has 0 aromatic heterocycles. The molecule has 28 heavy (non-hydrogen) atoms. The fraction of sp³-hybridized carbons (Fsp3) is 0.286. The first-order valence-electron chi connectivity index (χ1n) is 8.76. The van der Waals surface area contributed by atoms with Gasteiger partial charge in [-0.2, -0.15) is 5.10 Å². The normalized spacial score (nSPS) is 11.0. The highest BCUT2D eigenvalue weighted by Gasteiger charge is 2.11. The fourth-order valence-corrected chi connectivity index (χ4v) is 2.50. The average Bonchev–Trinajstić information content (AvgIpc) is 2.69. The van der Waals surface area contributed by atoms with Crippen LogP contribution in [0.25, 0.3) is 0 Å². The number of benzene rings is 2. The van der Waals surface area contributed by atoms with Crippen molar-refractivity contribution < 1.29 is 19.1 Å². The van der Waals surface area contributed by atoms with Crippen molar-refractivity contribution in [1.29, 1.82) is 0 Å². The van der Waals surface area contributed by atoms with Gasteiger partial charge in [-0.15, -0.1) is 0 Å². The van der Waals surface area contributed by atoms with Gasteiger partial charge in [0.1, 0.15) is 11.5 Å². The number of anilines is 1. The van der Waals surface area contributed by atoms with Crippen molar-refractivity contribution >= 4 is 23.2 Å². The molecule has 0 aliphatic carbocycles. The highest BCUT2D eigenvalue weighted by molar-refractivity contribution is 6.06. The van der Waals surface area contributed by atoms with Crippen molar-refractivity contribution in [2.45, 2.75) is 27.2 Å². The van der Waals surface area contributed by atoms with Crippen LogP contribution in [-0.4, -0.2) is 31.7 Å². The number of nitrogens with one attached hydrogen (secondary N) is 2. The number of carbonyl (C=O) groups is 2. The second-order valence-corrected chi connectivity index (χ2v) is 6.36. The van der Waals surface area contributed by atoms with Gasteiger partial charge in [0.15, 0.2) is 0 Å². The maximum absolute atomic E-state index is 12.3. The van der Waals surface area contributed by atoms with Crippen LogP contribution in [0.5, 0.6) is 11.5 Å². The molecule has 7 nitrogen and oxygen atoms in total. The van der Waals surface area contributed by atoms with E-state index in [-0.39, 0.29) is 12.3 Å². The summed E-state index contributed by atoms with van der Waals surface area (Å²) in [4.78, 5) is 24.5. The number of ether oxygens (including phenoxy) is 2. The number of hydrogen-bond acceptors (Lipinski definition) is 5. The number of rotatable bonds is 7. The number of amides is 2. The molecule has 0 spiro atoms. The van der Waals surface area contributed by atoms with E-state index in [1.807, 2.05) is 32.0 Å². The van der Waals surface area contributed by atoms with E-state index in [1.54, 1.807) is 25.1 Å². The third kappa shape index (κ3) is 5.57. The third-order valence-electron chi connectivity index (χ3n) is 4.26. The van der Waals surface area contributed by atoms with Gasteiger partial charge < -0.3 is 14.8 Å². The summed E-state index contributed by atoms with van der Waals surface area (Å²) in [5.41, 5.74) is 6.16. The van der Waals surface area contributed by atoms with Crippen molar-refractivity contribution in [3.8, 4) is 11.5 Å². The van der Waals surface area contributed by atoms with Crippen LogP contribution in [0, 0.1) is 13.8 Å². The van der Waals surface area contributed by atoms with Crippen molar-refractivity contribution in [2.24, 2.45) is 5.10 Å². The van der Waals surface area contributed by atoms with E-state index in [0.29, 0.717) is 22.8 Å². The van der Waals surface area contributed by atoms with E-state index in [4.69, 9.17) is 9.47 Å². The number of methoxy groups -OCH3 is 2. The van der Waals surface area contributed by atoms with E-state index in [0.717, 1.165) is 16.8 Å². The lowest BCUT2D eigenvalue weighted by atomic mass is 10.1. The molecule has 2 amide bonds. The molecule has 0 aliphatic rings. The molecule has 148 valence electrons. The predicted molar refractivity (Wildman–Crippen MR) is 109 cm³/mol. The molecule has 7 heteroatoms. The zero-order valence-electron chi connectivity index (χ0n) is 16.8. The van der Waals surface area contributed by atoms with E-state index in [2.05, 4.69) is 15.8 Å². The molecule has 0 aliphatic heterocycles. The fourth-order valence-electron chi connectivity index (χ4n) is 2.50. The van der Waals surface area contributed by atoms with Crippen LogP contribution in [0.3, 0.4) is 0 Å². The Morgan fingerprint density at radius 1 is 1.04 bits per heavy atom. The number of aryl methyl sites for hydroxylation is 1. The van der Waals surface area contributed by atoms with Crippen molar-refractivity contribution in [1.82, 2.24) is 5.43 Å². The number of hydrogen-bond donors (Lipinski definition) is 2. The molecule has 0 heterocycles. The third-order valence-corrected chi connectivity index (χ3v) is 4.26. The van der Waals surface area contributed by atoms with Crippen molar-refractivity contribution in [2.75, 3.05) is 19.5 Å². The van der Waals surface area contributed by atoms with Crippen molar-refractivity contribution in [3.05, 3.63) is 53.1 Å². The van der Waals surface area contributed by atoms with Gasteiger partial charge in [-0.1, -0.05) is 12.1 Å². The van der Waals surface area contributed by atoms with Crippen LogP contribution in [0.4, 0.5) is 5.69 Å². The molecule has 0 saturated heterocycles. The van der Waals surface area contributed by atoms with E-state index in [9.17, 15) is 9.59 Å². The summed E-state index contributed by atoms with van der Waals surface area (Å²) in [6, 6.07) is 10.6. The second kappa shape index (κ2) is 9.55. The topological polar surface area (TPSA) is 89.0 Å². The Morgan fingerprint density at radius 2 is 1.68 bits per heavy atom. The summed E-state index contributed by atoms with van der Waals surface area (Å²) in [5.74, 6) is 0.370. The quantitative estimate of drug-likeness (QED) is 0.566. The molecular formula is C21H25N3O4. The zero-order valence-corrected chi connectivity index (χ0v) is 16.8. The number of carbonyl (C=O) groups excluding carboxylic acids is 2. The largest absolute Gasteiger partial charge is 0.497 e. The van der Waals surface area contributed by atoms with Gasteiger partial charge in [-0.25, -0.2) is 5.43 Å². The van der Waals surface area contributed by atoms with Crippen molar-refractivity contribution in [3.63, 3.8) is 0 Å². The molecule has 0 bridgehead atoms. The van der Waals surface area contributed by atoms with Gasteiger partial charge in [0.2, 0.25) is 5.91 Å². The first-order chi connectivity index (χ1) is 13.3. The second-order valence-electron chi connectivity index (χ2n) is 6.36. The summed E-state index contributed by atoms with van der Waals surface area (Å²) in [7, 11) is 3.01. The van der Waals surface area contributed by atoms with Gasteiger partial charge in [-0.05, 0) is 50.1 Å². The monoisotopic (exact) mass is 383 g/mol. The smallest absolute Gasteiger partial charge is 0.271 e. The Balaban J connectivity index is 1.99. The summed E-state index contributed by atoms with van der Waals surface area (Å²) in [5, 5.41) is 6.87. The summed E-state index contributed by atoms with van der Waals surface area (Å²) in [6.07, 6.45) is 0.0646. The molecule has 0 saturated carbocycles. The highest BCUT2D eigenvalue weighted by atomic mass is 16.5. The Labute approximate surface area is 164 Å². The van der Waals surface area contributed by atoms with Crippen LogP contribution >= 0.6 is 0 Å². The minimum Gasteiger partial charge on any atom is -0.497 e. The maximum atomic E-state index is 12.3. The molecular weight excluding hydrogens is 358 g/mol. The van der Waals surface area contributed by atoms with Gasteiger partial charge >= 0.3 is 0 Å². The molecule has 2 rings (SSSR count). The predicted octanol–water partition coefficient (Wildman–Crippen LogP) is 3.46. The maximum Gasteiger partial charge on any atom is 0.271 e. The molecule has 2 N–H and O–H groups in total. The number of nitrogens with zero attached hydrogens (tertiary/aromatic N) is 1. The van der Waals surface area contributed by atoms with Crippen LogP contribution < -0.4 is 20.2 Å². The van der Waals surface area contributed by atoms with Crippen LogP contribution in [0.2, 0.25) is 0 Å². The molecule has 0 unspecified atom stereocenters. The Morgan fingerprint density at radius 3 is 2.29 bits per heavy atom. The lowest BCUT2D eigenvalue weighted by Gasteiger charge is -2.10. The summed E-state index contributed by atoms with van der Waals surface area (Å²) >= 11 is 0. The molecule has 0 radical (unpaired) electrons. The first kappa shape index (κ1) is 21.0. The molecule has 2 aromatic carbocycles. The van der Waals surface area contributed by atoms with Gasteiger partial charge in [0.25, 0.3) is 5.91 Å². The lowest BCUT2D eigenvalue weighted by molar-refractivity contribution is -0.115. The van der Waals surface area contributed by atoms with Crippen LogP contribution in [-0.2, 0) is 4.79 Å². The Kier molecular flexibility index (Phi) is 7.14. The minimum absolute atomic E-state index is 0.0646. The first-order valence-corrected chi connectivity index (χ1v) is 8.76. The van der Waals surface area contributed by atoms with Crippen LogP contribution in [0.15, 0.2) is 41.5 Å².